The van der Waals surface area contributed by atoms with Gasteiger partial charge >= 0.3 is 0 Å². The summed E-state index contributed by atoms with van der Waals surface area (Å²) in [5, 5.41) is 17.3. The van der Waals surface area contributed by atoms with Crippen molar-refractivity contribution in [2.24, 2.45) is 0 Å². The molecule has 1 unspecified atom stereocenters. The lowest BCUT2D eigenvalue weighted by atomic mass is 9.96. The number of ketones is 1. The number of hydrogen-bond donors (Lipinski definition) is 0. The molecular formula is C22H21N5OS2. The van der Waals surface area contributed by atoms with Crippen LogP contribution >= 0.6 is 22.7 Å². The summed E-state index contributed by atoms with van der Waals surface area (Å²) < 4.78 is 1.82. The minimum atomic E-state index is -0.949. The highest BCUT2D eigenvalue weighted by molar-refractivity contribution is 7.12. The number of thiophene rings is 1. The van der Waals surface area contributed by atoms with Crippen molar-refractivity contribution in [3.8, 4) is 17.3 Å². The van der Waals surface area contributed by atoms with Gasteiger partial charge < -0.3 is 0 Å². The second kappa shape index (κ2) is 7.74. The summed E-state index contributed by atoms with van der Waals surface area (Å²) in [7, 11) is 0. The minimum absolute atomic E-state index is 0.0897. The number of carbonyl (C=O) groups excluding carboxylic acids is 1. The first-order valence-electron chi connectivity index (χ1n) is 9.61. The summed E-state index contributed by atoms with van der Waals surface area (Å²) in [4.78, 5) is 25.1. The molecule has 6 nitrogen and oxygen atoms in total. The van der Waals surface area contributed by atoms with E-state index in [-0.39, 0.29) is 11.8 Å². The van der Waals surface area contributed by atoms with Crippen molar-refractivity contribution in [3.05, 3.63) is 49.7 Å². The Labute approximate surface area is 182 Å². The van der Waals surface area contributed by atoms with Crippen molar-refractivity contribution in [3.63, 3.8) is 0 Å². The van der Waals surface area contributed by atoms with Crippen molar-refractivity contribution in [1.82, 2.24) is 19.7 Å². The van der Waals surface area contributed by atoms with Crippen LogP contribution in [0, 0.1) is 32.1 Å². The highest BCUT2D eigenvalue weighted by atomic mass is 32.1. The molecule has 0 saturated heterocycles. The van der Waals surface area contributed by atoms with Crippen LogP contribution in [-0.2, 0) is 0 Å². The van der Waals surface area contributed by atoms with Gasteiger partial charge in [0.2, 0.25) is 0 Å². The molecule has 0 aliphatic carbocycles. The van der Waals surface area contributed by atoms with E-state index in [1.54, 1.807) is 23.6 Å². The van der Waals surface area contributed by atoms with E-state index < -0.39 is 5.92 Å². The molecule has 0 N–H and O–H groups in total. The number of nitrogens with zero attached hydrogens (tertiary/aromatic N) is 5. The minimum Gasteiger partial charge on any atom is -0.292 e. The number of thiazole rings is 1. The molecule has 4 aromatic heterocycles. The molecule has 0 aliphatic heterocycles. The van der Waals surface area contributed by atoms with E-state index in [9.17, 15) is 10.1 Å². The number of carbonyl (C=O) groups is 1. The summed E-state index contributed by atoms with van der Waals surface area (Å²) in [5.74, 6) is -1.22. The number of hydrogen-bond acceptors (Lipinski definition) is 7. The standard InChI is InChI=1S/C22H21N5OS2/c1-11(2)27-21-18(9-24-27)16(7-19(26-21)15-6-13(4)30-14(15)5)20(28)17(8-23)22-25-12(3)10-29-22/h6-7,9-11,17H,1-5H3. The third kappa shape index (κ3) is 3.44. The van der Waals surface area contributed by atoms with Crippen molar-refractivity contribution in [2.75, 3.05) is 0 Å². The molecule has 8 heteroatoms. The number of Topliss-reactive ketones (excluding diaryl/α,β-unsaturated/α-hetero) is 1. The second-order valence-electron chi connectivity index (χ2n) is 7.56. The first-order chi connectivity index (χ1) is 14.3. The van der Waals surface area contributed by atoms with Crippen molar-refractivity contribution >= 4 is 39.5 Å². The zero-order valence-electron chi connectivity index (χ0n) is 17.4. The van der Waals surface area contributed by atoms with E-state index in [1.807, 2.05) is 30.8 Å². The number of nitriles is 1. The van der Waals surface area contributed by atoms with Crippen molar-refractivity contribution in [1.29, 1.82) is 5.26 Å². The second-order valence-corrected chi connectivity index (χ2v) is 9.91. The van der Waals surface area contributed by atoms with Gasteiger partial charge in [0.15, 0.2) is 17.3 Å². The molecule has 0 bridgehead atoms. The van der Waals surface area contributed by atoms with Gasteiger partial charge in [0.05, 0.1) is 18.0 Å². The Morgan fingerprint density at radius 1 is 1.20 bits per heavy atom. The van der Waals surface area contributed by atoms with Gasteiger partial charge in [-0.1, -0.05) is 0 Å². The van der Waals surface area contributed by atoms with Gasteiger partial charge in [0.25, 0.3) is 0 Å². The molecule has 4 aromatic rings. The summed E-state index contributed by atoms with van der Waals surface area (Å²) in [5.41, 5.74) is 3.65. The van der Waals surface area contributed by atoms with E-state index in [2.05, 4.69) is 36.1 Å². The molecule has 0 amide bonds. The third-order valence-corrected chi connectivity index (χ3v) is 6.91. The van der Waals surface area contributed by atoms with Crippen LogP contribution in [0.2, 0.25) is 0 Å². The van der Waals surface area contributed by atoms with Crippen LogP contribution in [0.4, 0.5) is 0 Å². The van der Waals surface area contributed by atoms with Crippen LogP contribution in [0.5, 0.6) is 0 Å². The number of fused-ring (bicyclic) bond motifs is 1. The molecule has 0 fully saturated rings. The van der Waals surface area contributed by atoms with Crippen molar-refractivity contribution < 1.29 is 4.79 Å². The molecule has 0 spiro atoms. The van der Waals surface area contributed by atoms with Crippen LogP contribution in [-0.4, -0.2) is 25.5 Å². The van der Waals surface area contributed by atoms with E-state index in [0.29, 0.717) is 21.6 Å². The maximum atomic E-state index is 13.5. The Kier molecular flexibility index (Phi) is 5.26. The van der Waals surface area contributed by atoms with Crippen LogP contribution < -0.4 is 0 Å². The lowest BCUT2D eigenvalue weighted by Gasteiger charge is -2.11. The topological polar surface area (TPSA) is 84.5 Å². The van der Waals surface area contributed by atoms with Gasteiger partial charge in [0.1, 0.15) is 5.01 Å². The molecule has 152 valence electrons. The quantitative estimate of drug-likeness (QED) is 0.380. The predicted octanol–water partition coefficient (Wildman–Crippen LogP) is 5.61. The third-order valence-electron chi connectivity index (χ3n) is 4.91. The van der Waals surface area contributed by atoms with Gasteiger partial charge in [-0.25, -0.2) is 14.6 Å². The van der Waals surface area contributed by atoms with E-state index in [1.165, 1.54) is 16.2 Å². The number of rotatable bonds is 5. The fourth-order valence-corrected chi connectivity index (χ4v) is 5.28. The number of aryl methyl sites for hydroxylation is 3. The predicted molar refractivity (Wildman–Crippen MR) is 120 cm³/mol. The monoisotopic (exact) mass is 435 g/mol. The smallest absolute Gasteiger partial charge is 0.187 e. The molecule has 0 aromatic carbocycles. The zero-order chi connectivity index (χ0) is 21.6. The Morgan fingerprint density at radius 3 is 2.53 bits per heavy atom. The summed E-state index contributed by atoms with van der Waals surface area (Å²) in [6.07, 6.45) is 1.67. The van der Waals surface area contributed by atoms with E-state index >= 15 is 0 Å². The molecule has 1 atom stereocenters. The van der Waals surface area contributed by atoms with Crippen LogP contribution in [0.3, 0.4) is 0 Å². The number of pyridine rings is 1. The van der Waals surface area contributed by atoms with Gasteiger partial charge in [-0.3, -0.25) is 4.79 Å². The Morgan fingerprint density at radius 2 is 1.97 bits per heavy atom. The highest BCUT2D eigenvalue weighted by Gasteiger charge is 2.28. The Bertz CT molecular complexity index is 1310. The lowest BCUT2D eigenvalue weighted by molar-refractivity contribution is 0.0980. The molecule has 0 aliphatic rings. The molecule has 4 rings (SSSR count). The zero-order valence-corrected chi connectivity index (χ0v) is 19.1. The van der Waals surface area contributed by atoms with Crippen LogP contribution in [0.15, 0.2) is 23.7 Å². The molecule has 30 heavy (non-hydrogen) atoms. The average Bonchev–Trinajstić information content (AvgIpc) is 3.39. The van der Waals surface area contributed by atoms with Gasteiger partial charge in [-0.2, -0.15) is 10.4 Å². The normalized spacial score (nSPS) is 12.4. The molecule has 4 heterocycles. The fraction of sp³-hybridized carbons (Fsp3) is 0.318. The van der Waals surface area contributed by atoms with E-state index in [0.717, 1.165) is 21.8 Å². The van der Waals surface area contributed by atoms with Gasteiger partial charge in [-0.15, -0.1) is 22.7 Å². The Balaban J connectivity index is 1.95. The summed E-state index contributed by atoms with van der Waals surface area (Å²) >= 11 is 3.04. The molecule has 0 saturated carbocycles. The number of aromatic nitrogens is 4. The van der Waals surface area contributed by atoms with Crippen molar-refractivity contribution in [2.45, 2.75) is 46.6 Å². The van der Waals surface area contributed by atoms with Crippen LogP contribution in [0.25, 0.3) is 22.3 Å². The van der Waals surface area contributed by atoms with Gasteiger partial charge in [-0.05, 0) is 46.8 Å². The van der Waals surface area contributed by atoms with Gasteiger partial charge in [0, 0.05) is 43.4 Å². The first-order valence-corrected chi connectivity index (χ1v) is 11.3. The maximum Gasteiger partial charge on any atom is 0.187 e. The summed E-state index contributed by atoms with van der Waals surface area (Å²) in [6.45, 7) is 10.0. The van der Waals surface area contributed by atoms with Crippen LogP contribution in [0.1, 0.15) is 56.6 Å². The highest BCUT2D eigenvalue weighted by Crippen LogP contribution is 2.34. The Hall–Kier alpha value is -2.89. The lowest BCUT2D eigenvalue weighted by Crippen LogP contribution is -2.13. The first kappa shape index (κ1) is 20.4. The molecular weight excluding hydrogens is 414 g/mol. The largest absolute Gasteiger partial charge is 0.292 e. The fourth-order valence-electron chi connectivity index (χ4n) is 3.51. The maximum absolute atomic E-state index is 13.5. The van der Waals surface area contributed by atoms with E-state index in [4.69, 9.17) is 4.98 Å². The molecule has 0 radical (unpaired) electrons. The average molecular weight is 436 g/mol. The summed E-state index contributed by atoms with van der Waals surface area (Å²) in [6, 6.07) is 6.13. The SMILES string of the molecule is Cc1csc(C(C#N)C(=O)c2cc(-c3cc(C)sc3C)nc3c2cnn3C(C)C)n1.